The predicted octanol–water partition coefficient (Wildman–Crippen LogP) is 4.41. The minimum absolute atomic E-state index is 0.561. The van der Waals surface area contributed by atoms with Gasteiger partial charge in [0.1, 0.15) is 5.82 Å². The lowest BCUT2D eigenvalue weighted by Crippen LogP contribution is -2.07. The molecule has 1 aromatic carbocycles. The van der Waals surface area contributed by atoms with Crippen molar-refractivity contribution in [2.75, 3.05) is 17.2 Å². The van der Waals surface area contributed by atoms with E-state index in [2.05, 4.69) is 74.6 Å². The van der Waals surface area contributed by atoms with Crippen LogP contribution in [-0.4, -0.2) is 16.5 Å². The Bertz CT molecular complexity index is 581. The van der Waals surface area contributed by atoms with Crippen LogP contribution in [0.25, 0.3) is 0 Å². The summed E-state index contributed by atoms with van der Waals surface area (Å²) in [5.74, 6) is 2.00. The lowest BCUT2D eigenvalue weighted by molar-refractivity contribution is 0.865. The minimum Gasteiger partial charge on any atom is -0.365 e. The van der Waals surface area contributed by atoms with Gasteiger partial charge in [-0.15, -0.1) is 0 Å². The fourth-order valence-electron chi connectivity index (χ4n) is 1.94. The smallest absolute Gasteiger partial charge is 0.224 e. The Morgan fingerprint density at radius 3 is 2.48 bits per heavy atom. The first-order valence-electron chi connectivity index (χ1n) is 7.19. The molecule has 1 aromatic heterocycles. The van der Waals surface area contributed by atoms with Gasteiger partial charge in [-0.3, -0.25) is 0 Å². The molecule has 0 bridgehead atoms. The lowest BCUT2D eigenvalue weighted by Gasteiger charge is -2.11. The van der Waals surface area contributed by atoms with E-state index >= 15 is 0 Å². The number of benzene rings is 1. The first-order valence-corrected chi connectivity index (χ1v) is 7.98. The monoisotopic (exact) mass is 348 g/mol. The molecule has 21 heavy (non-hydrogen) atoms. The maximum absolute atomic E-state index is 4.44. The van der Waals surface area contributed by atoms with Gasteiger partial charge in [0.15, 0.2) is 0 Å². The predicted molar refractivity (Wildman–Crippen MR) is 91.8 cm³/mol. The molecule has 0 fully saturated rings. The van der Waals surface area contributed by atoms with Crippen LogP contribution in [0.2, 0.25) is 0 Å². The molecule has 0 unspecified atom stereocenters. The SMILES string of the molecule is CCNc1ncc(Br)c(NCc2ccc(C(C)C)cc2)n1. The lowest BCUT2D eigenvalue weighted by atomic mass is 10.0. The quantitative estimate of drug-likeness (QED) is 0.811. The Morgan fingerprint density at radius 2 is 1.86 bits per heavy atom. The first-order chi connectivity index (χ1) is 10.1. The molecule has 4 nitrogen and oxygen atoms in total. The van der Waals surface area contributed by atoms with E-state index < -0.39 is 0 Å². The van der Waals surface area contributed by atoms with E-state index in [9.17, 15) is 0 Å². The van der Waals surface area contributed by atoms with Crippen molar-refractivity contribution in [1.82, 2.24) is 9.97 Å². The third-order valence-corrected chi connectivity index (χ3v) is 3.77. The fraction of sp³-hybridized carbons (Fsp3) is 0.375. The molecule has 2 rings (SSSR count). The summed E-state index contributed by atoms with van der Waals surface area (Å²) in [6.45, 7) is 7.97. The first kappa shape index (κ1) is 15.8. The standard InChI is InChI=1S/C16H21BrN4/c1-4-18-16-20-10-14(17)15(21-16)19-9-12-5-7-13(8-6-12)11(2)3/h5-8,10-11H,4,9H2,1-3H3,(H2,18,19,20,21). The van der Waals surface area contributed by atoms with Crippen LogP contribution >= 0.6 is 15.9 Å². The highest BCUT2D eigenvalue weighted by molar-refractivity contribution is 9.10. The number of halogens is 1. The minimum atomic E-state index is 0.561. The summed E-state index contributed by atoms with van der Waals surface area (Å²) in [5.41, 5.74) is 2.59. The summed E-state index contributed by atoms with van der Waals surface area (Å²) in [4.78, 5) is 8.65. The zero-order valence-corrected chi connectivity index (χ0v) is 14.2. The molecule has 0 aliphatic carbocycles. The van der Waals surface area contributed by atoms with Gasteiger partial charge in [0.05, 0.1) is 4.47 Å². The molecule has 5 heteroatoms. The second-order valence-electron chi connectivity index (χ2n) is 5.17. The molecule has 0 radical (unpaired) electrons. The van der Waals surface area contributed by atoms with Crippen LogP contribution in [0.15, 0.2) is 34.9 Å². The van der Waals surface area contributed by atoms with Crippen LogP contribution in [0.3, 0.4) is 0 Å². The van der Waals surface area contributed by atoms with Crippen LogP contribution in [0.4, 0.5) is 11.8 Å². The number of hydrogen-bond donors (Lipinski definition) is 2. The highest BCUT2D eigenvalue weighted by Gasteiger charge is 2.05. The molecule has 0 aliphatic rings. The summed E-state index contributed by atoms with van der Waals surface area (Å²) in [5, 5.41) is 6.45. The molecule has 2 N–H and O–H groups in total. The summed E-state index contributed by atoms with van der Waals surface area (Å²) in [7, 11) is 0. The Balaban J connectivity index is 2.03. The Hall–Kier alpha value is -1.62. The van der Waals surface area contributed by atoms with Crippen molar-refractivity contribution in [3.63, 3.8) is 0 Å². The van der Waals surface area contributed by atoms with Crippen LogP contribution in [-0.2, 0) is 6.54 Å². The van der Waals surface area contributed by atoms with Gasteiger partial charge in [-0.05, 0) is 39.9 Å². The maximum Gasteiger partial charge on any atom is 0.224 e. The van der Waals surface area contributed by atoms with Crippen molar-refractivity contribution in [1.29, 1.82) is 0 Å². The summed E-state index contributed by atoms with van der Waals surface area (Å²) in [6.07, 6.45) is 1.76. The summed E-state index contributed by atoms with van der Waals surface area (Å²) in [6, 6.07) is 8.67. The molecule has 0 saturated heterocycles. The normalized spacial score (nSPS) is 10.7. The largest absolute Gasteiger partial charge is 0.365 e. The van der Waals surface area contributed by atoms with Gasteiger partial charge in [-0.25, -0.2) is 4.98 Å². The molecule has 0 saturated carbocycles. The molecule has 2 aromatic rings. The van der Waals surface area contributed by atoms with Crippen LogP contribution in [0.5, 0.6) is 0 Å². The van der Waals surface area contributed by atoms with E-state index in [1.165, 1.54) is 11.1 Å². The summed E-state index contributed by atoms with van der Waals surface area (Å²) < 4.78 is 0.864. The Labute approximate surface area is 134 Å². The Morgan fingerprint density at radius 1 is 1.14 bits per heavy atom. The van der Waals surface area contributed by atoms with Crippen molar-refractivity contribution in [2.24, 2.45) is 0 Å². The molecule has 112 valence electrons. The average Bonchev–Trinajstić information content (AvgIpc) is 2.48. The van der Waals surface area contributed by atoms with E-state index in [1.807, 2.05) is 6.92 Å². The van der Waals surface area contributed by atoms with E-state index in [0.29, 0.717) is 11.9 Å². The second-order valence-corrected chi connectivity index (χ2v) is 6.02. The molecular weight excluding hydrogens is 328 g/mol. The van der Waals surface area contributed by atoms with Crippen LogP contribution in [0.1, 0.15) is 37.8 Å². The molecule has 1 heterocycles. The van der Waals surface area contributed by atoms with Gasteiger partial charge < -0.3 is 10.6 Å². The van der Waals surface area contributed by atoms with Gasteiger partial charge in [0.25, 0.3) is 0 Å². The second kappa shape index (κ2) is 7.41. The van der Waals surface area contributed by atoms with Crippen molar-refractivity contribution >= 4 is 27.7 Å². The number of rotatable bonds is 6. The molecular formula is C16H21BrN4. The fourth-order valence-corrected chi connectivity index (χ4v) is 2.27. The van der Waals surface area contributed by atoms with Gasteiger partial charge in [-0.1, -0.05) is 38.1 Å². The molecule has 0 spiro atoms. The van der Waals surface area contributed by atoms with Crippen LogP contribution < -0.4 is 10.6 Å². The van der Waals surface area contributed by atoms with Gasteiger partial charge in [-0.2, -0.15) is 4.98 Å². The van der Waals surface area contributed by atoms with Crippen molar-refractivity contribution in [3.8, 4) is 0 Å². The number of anilines is 2. The molecule has 0 amide bonds. The van der Waals surface area contributed by atoms with Crippen molar-refractivity contribution in [3.05, 3.63) is 46.1 Å². The highest BCUT2D eigenvalue weighted by atomic mass is 79.9. The van der Waals surface area contributed by atoms with Crippen molar-refractivity contribution < 1.29 is 0 Å². The number of aromatic nitrogens is 2. The zero-order valence-electron chi connectivity index (χ0n) is 12.7. The zero-order chi connectivity index (χ0) is 15.2. The van der Waals surface area contributed by atoms with Gasteiger partial charge >= 0.3 is 0 Å². The summed E-state index contributed by atoms with van der Waals surface area (Å²) >= 11 is 3.47. The van der Waals surface area contributed by atoms with Gasteiger partial charge in [0, 0.05) is 19.3 Å². The average molecular weight is 349 g/mol. The van der Waals surface area contributed by atoms with Crippen molar-refractivity contribution in [2.45, 2.75) is 33.2 Å². The number of nitrogens with one attached hydrogen (secondary N) is 2. The maximum atomic E-state index is 4.44. The number of nitrogens with zero attached hydrogens (tertiary/aromatic N) is 2. The third kappa shape index (κ3) is 4.43. The van der Waals surface area contributed by atoms with E-state index in [0.717, 1.165) is 23.4 Å². The van der Waals surface area contributed by atoms with E-state index in [-0.39, 0.29) is 0 Å². The third-order valence-electron chi connectivity index (χ3n) is 3.19. The highest BCUT2D eigenvalue weighted by Crippen LogP contribution is 2.21. The molecule has 0 atom stereocenters. The Kier molecular flexibility index (Phi) is 5.56. The number of hydrogen-bond acceptors (Lipinski definition) is 4. The van der Waals surface area contributed by atoms with Crippen LogP contribution in [0, 0.1) is 0 Å². The topological polar surface area (TPSA) is 49.8 Å². The van der Waals surface area contributed by atoms with Gasteiger partial charge in [0.2, 0.25) is 5.95 Å². The van der Waals surface area contributed by atoms with E-state index in [4.69, 9.17) is 0 Å². The molecule has 0 aliphatic heterocycles. The van der Waals surface area contributed by atoms with E-state index in [1.54, 1.807) is 6.20 Å².